The fourth-order valence-electron chi connectivity index (χ4n) is 2.28. The molecule has 0 unspecified atom stereocenters. The van der Waals surface area contributed by atoms with E-state index in [9.17, 15) is 4.79 Å². The van der Waals surface area contributed by atoms with Crippen molar-refractivity contribution >= 4 is 16.8 Å². The number of nitrogens with zero attached hydrogens (tertiary/aromatic N) is 1. The highest BCUT2D eigenvalue weighted by molar-refractivity contribution is 6.07. The molecule has 2 aromatic rings. The minimum absolute atomic E-state index is 0.0393. The predicted octanol–water partition coefficient (Wildman–Crippen LogP) is 1.69. The molecule has 0 atom stereocenters. The van der Waals surface area contributed by atoms with Crippen LogP contribution in [0.4, 0.5) is 0 Å². The van der Waals surface area contributed by atoms with E-state index in [1.807, 2.05) is 12.1 Å². The molecule has 0 radical (unpaired) electrons. The molecular formula is C12H12N2O. The number of nitrogens with one attached hydrogen (secondary N) is 1. The van der Waals surface area contributed by atoms with Crippen molar-refractivity contribution in [2.45, 2.75) is 13.5 Å². The number of carbonyl (C=O) groups is 1. The van der Waals surface area contributed by atoms with Crippen LogP contribution in [0.2, 0.25) is 0 Å². The molecule has 1 aromatic heterocycles. The maximum atomic E-state index is 11.8. The molecule has 3 heteroatoms. The summed E-state index contributed by atoms with van der Waals surface area (Å²) in [6.45, 7) is 3.64. The molecule has 0 aliphatic carbocycles. The summed E-state index contributed by atoms with van der Waals surface area (Å²) in [5, 5.41) is 4.08. The Hall–Kier alpha value is -1.77. The van der Waals surface area contributed by atoms with Gasteiger partial charge in [-0.3, -0.25) is 4.79 Å². The number of rotatable bonds is 0. The first-order valence-corrected chi connectivity index (χ1v) is 5.14. The summed E-state index contributed by atoms with van der Waals surface area (Å²) in [5.74, 6) is 0.0393. The van der Waals surface area contributed by atoms with Crippen LogP contribution in [-0.4, -0.2) is 17.0 Å². The third-order valence-electron chi connectivity index (χ3n) is 2.98. The molecule has 1 aliphatic heterocycles. The first-order chi connectivity index (χ1) is 7.27. The Morgan fingerprint density at radius 1 is 1.40 bits per heavy atom. The second-order valence-corrected chi connectivity index (χ2v) is 3.96. The van der Waals surface area contributed by atoms with Crippen LogP contribution in [0.15, 0.2) is 24.4 Å². The van der Waals surface area contributed by atoms with Gasteiger partial charge in [-0.05, 0) is 18.6 Å². The lowest BCUT2D eigenvalue weighted by atomic mass is 10.1. The summed E-state index contributed by atoms with van der Waals surface area (Å²) in [7, 11) is 0. The first-order valence-electron chi connectivity index (χ1n) is 5.14. The molecule has 1 amide bonds. The van der Waals surface area contributed by atoms with Gasteiger partial charge < -0.3 is 9.88 Å². The highest BCUT2D eigenvalue weighted by Gasteiger charge is 2.17. The number of carbonyl (C=O) groups excluding carboxylic acids is 1. The minimum Gasteiger partial charge on any atom is -0.350 e. The fourth-order valence-corrected chi connectivity index (χ4v) is 2.28. The number of amides is 1. The van der Waals surface area contributed by atoms with E-state index in [1.54, 1.807) is 0 Å². The first kappa shape index (κ1) is 8.53. The molecule has 0 saturated heterocycles. The van der Waals surface area contributed by atoms with E-state index in [-0.39, 0.29) is 5.91 Å². The maximum absolute atomic E-state index is 11.8. The average molecular weight is 200 g/mol. The molecule has 0 bridgehead atoms. The molecule has 76 valence electrons. The Labute approximate surface area is 87.7 Å². The van der Waals surface area contributed by atoms with Gasteiger partial charge in [-0.15, -0.1) is 0 Å². The number of hydrogen-bond acceptors (Lipinski definition) is 1. The van der Waals surface area contributed by atoms with Gasteiger partial charge in [0, 0.05) is 24.7 Å². The summed E-state index contributed by atoms with van der Waals surface area (Å²) in [4.78, 5) is 11.8. The second-order valence-electron chi connectivity index (χ2n) is 3.96. The van der Waals surface area contributed by atoms with E-state index in [0.29, 0.717) is 6.54 Å². The van der Waals surface area contributed by atoms with Gasteiger partial charge in [0.25, 0.3) is 5.91 Å². The van der Waals surface area contributed by atoms with Gasteiger partial charge in [0.05, 0.1) is 11.1 Å². The van der Waals surface area contributed by atoms with Gasteiger partial charge in [-0.2, -0.15) is 0 Å². The van der Waals surface area contributed by atoms with Gasteiger partial charge in [-0.25, -0.2) is 0 Å². The van der Waals surface area contributed by atoms with Crippen molar-refractivity contribution in [3.8, 4) is 0 Å². The standard InChI is InChI=1S/C12H12N2O/c1-8-7-14-6-5-13-12(15)10-4-2-3-9(8)11(10)14/h2-4,7H,5-6H2,1H3,(H,13,15). The van der Waals surface area contributed by atoms with Crippen LogP contribution in [-0.2, 0) is 6.54 Å². The van der Waals surface area contributed by atoms with Gasteiger partial charge in [0.15, 0.2) is 0 Å². The average Bonchev–Trinajstić information content (AvgIpc) is 2.46. The molecule has 0 saturated carbocycles. The Morgan fingerprint density at radius 2 is 2.27 bits per heavy atom. The number of hydrogen-bond donors (Lipinski definition) is 1. The zero-order valence-electron chi connectivity index (χ0n) is 8.58. The van der Waals surface area contributed by atoms with E-state index in [0.717, 1.165) is 17.6 Å². The normalized spacial score (nSPS) is 15.1. The zero-order valence-corrected chi connectivity index (χ0v) is 8.58. The Bertz CT molecular complexity index is 554. The Balaban J connectivity index is 2.46. The summed E-state index contributed by atoms with van der Waals surface area (Å²) in [6.07, 6.45) is 2.12. The molecule has 0 spiro atoms. The fraction of sp³-hybridized carbons (Fsp3) is 0.250. The summed E-state index contributed by atoms with van der Waals surface area (Å²) >= 11 is 0. The Morgan fingerprint density at radius 3 is 3.13 bits per heavy atom. The minimum atomic E-state index is 0.0393. The van der Waals surface area contributed by atoms with Crippen LogP contribution in [0.5, 0.6) is 0 Å². The smallest absolute Gasteiger partial charge is 0.253 e. The second kappa shape index (κ2) is 2.86. The molecule has 3 nitrogen and oxygen atoms in total. The summed E-state index contributed by atoms with van der Waals surface area (Å²) in [5.41, 5.74) is 3.10. The van der Waals surface area contributed by atoms with Crippen LogP contribution < -0.4 is 5.32 Å². The van der Waals surface area contributed by atoms with E-state index in [4.69, 9.17) is 0 Å². The van der Waals surface area contributed by atoms with Crippen molar-refractivity contribution in [2.75, 3.05) is 6.54 Å². The predicted molar refractivity (Wildman–Crippen MR) is 59.0 cm³/mol. The lowest BCUT2D eigenvalue weighted by Crippen LogP contribution is -2.23. The number of para-hydroxylation sites is 1. The number of benzene rings is 1. The van der Waals surface area contributed by atoms with Crippen molar-refractivity contribution in [3.05, 3.63) is 35.5 Å². The SMILES string of the molecule is Cc1cn2c3c(cccc13)C(=O)NCC2. The molecule has 15 heavy (non-hydrogen) atoms. The number of aryl methyl sites for hydroxylation is 1. The van der Waals surface area contributed by atoms with Gasteiger partial charge >= 0.3 is 0 Å². The zero-order chi connectivity index (χ0) is 10.4. The van der Waals surface area contributed by atoms with Gasteiger partial charge in [-0.1, -0.05) is 12.1 Å². The van der Waals surface area contributed by atoms with Crippen LogP contribution >= 0.6 is 0 Å². The molecule has 0 fully saturated rings. The van der Waals surface area contributed by atoms with E-state index in [1.165, 1.54) is 10.9 Å². The van der Waals surface area contributed by atoms with Crippen molar-refractivity contribution in [1.82, 2.24) is 9.88 Å². The van der Waals surface area contributed by atoms with E-state index in [2.05, 4.69) is 29.1 Å². The molecule has 2 heterocycles. The van der Waals surface area contributed by atoms with Crippen LogP contribution in [0.1, 0.15) is 15.9 Å². The van der Waals surface area contributed by atoms with Gasteiger partial charge in [0.1, 0.15) is 0 Å². The monoisotopic (exact) mass is 200 g/mol. The number of aromatic nitrogens is 1. The van der Waals surface area contributed by atoms with Crippen LogP contribution in [0, 0.1) is 6.92 Å². The lowest BCUT2D eigenvalue weighted by molar-refractivity contribution is 0.0957. The van der Waals surface area contributed by atoms with E-state index < -0.39 is 0 Å². The largest absolute Gasteiger partial charge is 0.350 e. The topological polar surface area (TPSA) is 34.0 Å². The maximum Gasteiger partial charge on any atom is 0.253 e. The summed E-state index contributed by atoms with van der Waals surface area (Å²) < 4.78 is 2.16. The van der Waals surface area contributed by atoms with Crippen molar-refractivity contribution in [3.63, 3.8) is 0 Å². The van der Waals surface area contributed by atoms with Crippen LogP contribution in [0.25, 0.3) is 10.9 Å². The quantitative estimate of drug-likeness (QED) is 0.690. The highest BCUT2D eigenvalue weighted by Crippen LogP contribution is 2.25. The lowest BCUT2D eigenvalue weighted by Gasteiger charge is -2.01. The van der Waals surface area contributed by atoms with Crippen molar-refractivity contribution in [2.24, 2.45) is 0 Å². The molecule has 1 aliphatic rings. The molecule has 3 rings (SSSR count). The van der Waals surface area contributed by atoms with Gasteiger partial charge in [0.2, 0.25) is 0 Å². The third-order valence-corrected chi connectivity index (χ3v) is 2.98. The highest BCUT2D eigenvalue weighted by atomic mass is 16.1. The van der Waals surface area contributed by atoms with Crippen LogP contribution in [0.3, 0.4) is 0 Å². The molecular weight excluding hydrogens is 188 g/mol. The molecule has 1 N–H and O–H groups in total. The van der Waals surface area contributed by atoms with Crippen molar-refractivity contribution < 1.29 is 4.79 Å². The molecule has 1 aromatic carbocycles. The van der Waals surface area contributed by atoms with E-state index >= 15 is 0 Å². The summed E-state index contributed by atoms with van der Waals surface area (Å²) in [6, 6.07) is 5.90. The van der Waals surface area contributed by atoms with Crippen molar-refractivity contribution in [1.29, 1.82) is 0 Å². The third kappa shape index (κ3) is 1.09. The Kier molecular flexibility index (Phi) is 1.63.